The summed E-state index contributed by atoms with van der Waals surface area (Å²) in [5.41, 5.74) is 4.14. The fraction of sp³-hybridized carbons (Fsp3) is 0.730. The highest BCUT2D eigenvalue weighted by Gasteiger charge is 2.50. The number of alkyl halides is 1. The number of hydrogen-bond acceptors (Lipinski definition) is 8. The summed E-state index contributed by atoms with van der Waals surface area (Å²) in [7, 11) is -2.21. The van der Waals surface area contributed by atoms with Crippen molar-refractivity contribution in [1.29, 1.82) is 0 Å². The van der Waals surface area contributed by atoms with Crippen LogP contribution in [0, 0.1) is 17.3 Å². The molecule has 4 saturated heterocycles. The standard InChI is InChI=1S/C37H53ClF2N6O3Si/c1-22(2)50(23(3)4,24(5)6)16-13-28-29-31(30(40)32(38)41-28)42-34(48-21-37-14-10-15-45(37)18-25(39)17-37)43-33(29)44-19-26-11-12-27(20-44)46(26)35(47)49-36(7,8)9/h22-27H,10-12,14-15,17-21H2,1-9H3/t25-,26?,27?,37+/m1/s1. The molecule has 0 N–H and O–H groups in total. The molecule has 2 aromatic heterocycles. The Balaban J connectivity index is 1.46. The lowest BCUT2D eigenvalue weighted by Gasteiger charge is -2.42. The van der Waals surface area contributed by atoms with Crippen LogP contribution in [0.1, 0.15) is 100 Å². The molecular weight excluding hydrogens is 678 g/mol. The van der Waals surface area contributed by atoms with Gasteiger partial charge in [-0.2, -0.15) is 9.97 Å². The van der Waals surface area contributed by atoms with Gasteiger partial charge in [-0.25, -0.2) is 18.6 Å². The van der Waals surface area contributed by atoms with E-state index in [9.17, 15) is 9.18 Å². The van der Waals surface area contributed by atoms with Crippen LogP contribution in [-0.4, -0.2) is 101 Å². The predicted octanol–water partition coefficient (Wildman–Crippen LogP) is 7.93. The number of rotatable bonds is 7. The van der Waals surface area contributed by atoms with Gasteiger partial charge in [-0.3, -0.25) is 9.80 Å². The number of pyridine rings is 1. The van der Waals surface area contributed by atoms with Gasteiger partial charge in [-0.05, 0) is 69.6 Å². The lowest BCUT2D eigenvalue weighted by Crippen LogP contribution is -2.57. The van der Waals surface area contributed by atoms with Gasteiger partial charge in [0, 0.05) is 26.1 Å². The van der Waals surface area contributed by atoms with Crippen LogP contribution < -0.4 is 9.64 Å². The van der Waals surface area contributed by atoms with Gasteiger partial charge in [-0.1, -0.05) is 59.1 Å². The van der Waals surface area contributed by atoms with Gasteiger partial charge >= 0.3 is 12.1 Å². The fourth-order valence-electron chi connectivity index (χ4n) is 9.43. The number of nitrogens with zero attached hydrogens (tertiary/aromatic N) is 6. The third-order valence-electron chi connectivity index (χ3n) is 11.6. The third kappa shape index (κ3) is 6.67. The van der Waals surface area contributed by atoms with E-state index in [4.69, 9.17) is 26.1 Å². The molecule has 0 saturated carbocycles. The lowest BCUT2D eigenvalue weighted by atomic mass is 9.95. The van der Waals surface area contributed by atoms with Gasteiger partial charge in [0.15, 0.2) is 11.0 Å². The zero-order chi connectivity index (χ0) is 36.3. The average Bonchev–Trinajstić information content (AvgIpc) is 3.63. The summed E-state index contributed by atoms with van der Waals surface area (Å²) in [6.07, 6.45) is 2.56. The van der Waals surface area contributed by atoms with Crippen LogP contribution >= 0.6 is 11.6 Å². The van der Waals surface area contributed by atoms with Gasteiger partial charge in [-0.15, -0.1) is 5.54 Å². The molecule has 0 spiro atoms. The van der Waals surface area contributed by atoms with Crippen molar-refractivity contribution in [1.82, 2.24) is 24.8 Å². The van der Waals surface area contributed by atoms with Crippen molar-refractivity contribution < 1.29 is 23.0 Å². The molecule has 50 heavy (non-hydrogen) atoms. The first-order valence-corrected chi connectivity index (χ1v) is 20.9. The molecule has 4 atom stereocenters. The van der Waals surface area contributed by atoms with Crippen molar-refractivity contribution in [2.75, 3.05) is 37.7 Å². The Morgan fingerprint density at radius 2 is 1.68 bits per heavy atom. The molecule has 1 amide bonds. The van der Waals surface area contributed by atoms with E-state index < -0.39 is 31.2 Å². The number of anilines is 1. The normalized spacial score (nSPS) is 25.5. The second-order valence-corrected chi connectivity index (χ2v) is 22.7. The molecule has 4 aliphatic heterocycles. The first kappa shape index (κ1) is 37.0. The Hall–Kier alpha value is -2.75. The number of piperazine rings is 1. The molecule has 4 aliphatic rings. The van der Waals surface area contributed by atoms with E-state index in [1.165, 1.54) is 0 Å². The minimum absolute atomic E-state index is 0.00213. The van der Waals surface area contributed by atoms with Gasteiger partial charge in [0.25, 0.3) is 0 Å². The average molecular weight is 731 g/mol. The molecule has 2 bridgehead atoms. The molecule has 0 radical (unpaired) electrons. The first-order valence-electron chi connectivity index (χ1n) is 18.3. The number of carbonyl (C=O) groups excluding carboxylic acids is 1. The minimum atomic E-state index is -2.21. The minimum Gasteiger partial charge on any atom is -0.461 e. The number of aromatic nitrogens is 3. The largest absolute Gasteiger partial charge is 0.461 e. The van der Waals surface area contributed by atoms with Crippen molar-refractivity contribution in [3.05, 3.63) is 16.7 Å². The molecule has 2 aromatic rings. The summed E-state index contributed by atoms with van der Waals surface area (Å²) in [6.45, 7) is 21.4. The van der Waals surface area contributed by atoms with Gasteiger partial charge in [0.05, 0.1) is 23.0 Å². The number of fused-ring (bicyclic) bond motifs is 4. The zero-order valence-electron chi connectivity index (χ0n) is 31.1. The zero-order valence-corrected chi connectivity index (χ0v) is 32.8. The number of halogens is 3. The van der Waals surface area contributed by atoms with Crippen molar-refractivity contribution in [3.8, 4) is 17.5 Å². The highest BCUT2D eigenvalue weighted by atomic mass is 35.5. The fourth-order valence-corrected chi connectivity index (χ4v) is 14.8. The van der Waals surface area contributed by atoms with E-state index in [2.05, 4.69) is 72.8 Å². The Bertz CT molecular complexity index is 1660. The quantitative estimate of drug-likeness (QED) is 0.161. The smallest absolute Gasteiger partial charge is 0.410 e. The molecule has 4 fully saturated rings. The highest BCUT2D eigenvalue weighted by molar-refractivity contribution is 6.90. The summed E-state index contributed by atoms with van der Waals surface area (Å²) in [6, 6.07) is -0.230. The Morgan fingerprint density at radius 3 is 2.28 bits per heavy atom. The number of amides is 1. The number of hydrogen-bond donors (Lipinski definition) is 0. The summed E-state index contributed by atoms with van der Waals surface area (Å²) in [5, 5.41) is 0.0797. The summed E-state index contributed by atoms with van der Waals surface area (Å²) in [4.78, 5) is 33.5. The van der Waals surface area contributed by atoms with Crippen LogP contribution in [0.15, 0.2) is 0 Å². The molecule has 2 unspecified atom stereocenters. The van der Waals surface area contributed by atoms with Crippen molar-refractivity contribution in [2.45, 2.75) is 140 Å². The maximum absolute atomic E-state index is 16.1. The van der Waals surface area contributed by atoms with E-state index >= 15 is 4.39 Å². The second kappa shape index (κ2) is 13.7. The van der Waals surface area contributed by atoms with Gasteiger partial charge in [0.1, 0.15) is 43.5 Å². The molecular formula is C37H53ClF2N6O3Si. The van der Waals surface area contributed by atoms with Crippen LogP contribution in [0.2, 0.25) is 21.8 Å². The maximum Gasteiger partial charge on any atom is 0.410 e. The van der Waals surface area contributed by atoms with Gasteiger partial charge < -0.3 is 14.4 Å². The summed E-state index contributed by atoms with van der Waals surface area (Å²) in [5.74, 6) is 3.11. The maximum atomic E-state index is 16.1. The van der Waals surface area contributed by atoms with Gasteiger partial charge in [0.2, 0.25) is 0 Å². The first-order chi connectivity index (χ1) is 23.5. The van der Waals surface area contributed by atoms with E-state index in [-0.39, 0.29) is 41.5 Å². The SMILES string of the molecule is CC(C)[Si](C#Cc1nc(Cl)c(F)c2nc(OC[C@@]34CCCN3C[C@H](F)C4)nc(N3CC4CCC(C3)N4C(=O)OC(C)(C)C)c12)(C(C)C)C(C)C. The number of ether oxygens (including phenoxy) is 2. The van der Waals surface area contributed by atoms with Crippen LogP contribution in [-0.2, 0) is 4.74 Å². The highest BCUT2D eigenvalue weighted by Crippen LogP contribution is 2.43. The molecule has 274 valence electrons. The Morgan fingerprint density at radius 1 is 1.04 bits per heavy atom. The van der Waals surface area contributed by atoms with Crippen LogP contribution in [0.5, 0.6) is 6.01 Å². The van der Waals surface area contributed by atoms with Crippen LogP contribution in [0.3, 0.4) is 0 Å². The van der Waals surface area contributed by atoms with Crippen molar-refractivity contribution in [3.63, 3.8) is 0 Å². The molecule has 0 aliphatic carbocycles. The van der Waals surface area contributed by atoms with E-state index in [0.29, 0.717) is 59.6 Å². The van der Waals surface area contributed by atoms with E-state index in [1.54, 1.807) is 0 Å². The monoisotopic (exact) mass is 730 g/mol. The Kier molecular flexibility index (Phi) is 10.1. The second-order valence-electron chi connectivity index (χ2n) is 16.8. The molecule has 0 aromatic carbocycles. The predicted molar refractivity (Wildman–Crippen MR) is 196 cm³/mol. The summed E-state index contributed by atoms with van der Waals surface area (Å²) < 4.78 is 42.8. The van der Waals surface area contributed by atoms with Crippen LogP contribution in [0.25, 0.3) is 10.9 Å². The molecule has 9 nitrogen and oxygen atoms in total. The van der Waals surface area contributed by atoms with Crippen molar-refractivity contribution in [2.24, 2.45) is 0 Å². The van der Waals surface area contributed by atoms with E-state index in [1.807, 2.05) is 25.7 Å². The Labute approximate surface area is 301 Å². The molecule has 6 rings (SSSR count). The summed E-state index contributed by atoms with van der Waals surface area (Å²) >= 11 is 6.49. The third-order valence-corrected chi connectivity index (χ3v) is 18.1. The number of carbonyl (C=O) groups is 1. The van der Waals surface area contributed by atoms with E-state index in [0.717, 1.165) is 32.2 Å². The van der Waals surface area contributed by atoms with Crippen LogP contribution in [0.4, 0.5) is 19.4 Å². The lowest BCUT2D eigenvalue weighted by molar-refractivity contribution is 0.0122. The van der Waals surface area contributed by atoms with Crippen molar-refractivity contribution >= 4 is 42.5 Å². The topological polar surface area (TPSA) is 83.9 Å². The molecule has 13 heteroatoms. The molecule has 6 heterocycles.